The molecule has 3 nitrogen and oxygen atoms in total. The van der Waals surface area contributed by atoms with E-state index in [9.17, 15) is 0 Å². The monoisotopic (exact) mass is 283 g/mol. The van der Waals surface area contributed by atoms with Gasteiger partial charge >= 0.3 is 0 Å². The average Bonchev–Trinajstić information content (AvgIpc) is 2.53. The minimum Gasteiger partial charge on any atom is -0.493 e. The quantitative estimate of drug-likeness (QED) is 0.863. The number of ether oxygens (including phenoxy) is 2. The van der Waals surface area contributed by atoms with E-state index in [1.165, 1.54) is 16.7 Å². The predicted molar refractivity (Wildman–Crippen MR) is 84.2 cm³/mol. The van der Waals surface area contributed by atoms with Gasteiger partial charge in [0.25, 0.3) is 0 Å². The molecule has 0 amide bonds. The smallest absolute Gasteiger partial charge is 0.165 e. The fraction of sp³-hybridized carbons (Fsp3) is 0.333. The van der Waals surface area contributed by atoms with Crippen molar-refractivity contribution in [2.45, 2.75) is 12.5 Å². The van der Waals surface area contributed by atoms with Crippen LogP contribution in [-0.2, 0) is 6.54 Å². The van der Waals surface area contributed by atoms with Gasteiger partial charge in [0.1, 0.15) is 0 Å². The van der Waals surface area contributed by atoms with Crippen molar-refractivity contribution >= 4 is 0 Å². The standard InChI is InChI=1S/C18H21NO2/c1-19-11-15(13-7-5-4-6-8-13)14-9-10-17(20-2)18(21-3)16(14)12-19/h4-10,15H,11-12H2,1-3H3. The Morgan fingerprint density at radius 3 is 2.43 bits per heavy atom. The van der Waals surface area contributed by atoms with Crippen LogP contribution < -0.4 is 9.47 Å². The lowest BCUT2D eigenvalue weighted by Crippen LogP contribution is -2.31. The van der Waals surface area contributed by atoms with E-state index in [-0.39, 0.29) is 0 Å². The summed E-state index contributed by atoms with van der Waals surface area (Å²) in [4.78, 5) is 2.34. The van der Waals surface area contributed by atoms with E-state index in [4.69, 9.17) is 9.47 Å². The Hall–Kier alpha value is -2.00. The summed E-state index contributed by atoms with van der Waals surface area (Å²) in [6.45, 7) is 1.91. The highest BCUT2D eigenvalue weighted by atomic mass is 16.5. The van der Waals surface area contributed by atoms with Crippen LogP contribution in [0.15, 0.2) is 42.5 Å². The third kappa shape index (κ3) is 2.49. The van der Waals surface area contributed by atoms with Gasteiger partial charge in [0.05, 0.1) is 14.2 Å². The van der Waals surface area contributed by atoms with E-state index < -0.39 is 0 Å². The van der Waals surface area contributed by atoms with Gasteiger partial charge in [-0.15, -0.1) is 0 Å². The Balaban J connectivity index is 2.13. The third-order valence-corrected chi connectivity index (χ3v) is 4.18. The van der Waals surface area contributed by atoms with Crippen molar-refractivity contribution in [2.75, 3.05) is 27.8 Å². The molecule has 0 radical (unpaired) electrons. The van der Waals surface area contributed by atoms with Crippen molar-refractivity contribution in [3.05, 3.63) is 59.2 Å². The normalized spacial score (nSPS) is 18.1. The molecule has 0 aliphatic carbocycles. The SMILES string of the molecule is COc1ccc2c(c1OC)CN(C)CC2c1ccccc1. The van der Waals surface area contributed by atoms with E-state index in [0.717, 1.165) is 24.6 Å². The molecule has 0 spiro atoms. The lowest BCUT2D eigenvalue weighted by atomic mass is 9.84. The van der Waals surface area contributed by atoms with Crippen molar-refractivity contribution in [3.63, 3.8) is 0 Å². The lowest BCUT2D eigenvalue weighted by Gasteiger charge is -2.34. The van der Waals surface area contributed by atoms with Crippen LogP contribution in [-0.4, -0.2) is 32.7 Å². The van der Waals surface area contributed by atoms with Crippen molar-refractivity contribution in [2.24, 2.45) is 0 Å². The van der Waals surface area contributed by atoms with Crippen LogP contribution in [0.2, 0.25) is 0 Å². The van der Waals surface area contributed by atoms with Crippen molar-refractivity contribution < 1.29 is 9.47 Å². The highest BCUT2D eigenvalue weighted by Gasteiger charge is 2.28. The number of benzene rings is 2. The number of nitrogens with zero attached hydrogens (tertiary/aromatic N) is 1. The summed E-state index contributed by atoms with van der Waals surface area (Å²) in [5.74, 6) is 2.04. The first-order valence-corrected chi connectivity index (χ1v) is 7.21. The van der Waals surface area contributed by atoms with Crippen LogP contribution in [0.1, 0.15) is 22.6 Å². The zero-order valence-corrected chi connectivity index (χ0v) is 12.8. The van der Waals surface area contributed by atoms with Crippen molar-refractivity contribution in [1.82, 2.24) is 4.90 Å². The largest absolute Gasteiger partial charge is 0.493 e. The molecule has 0 N–H and O–H groups in total. The van der Waals surface area contributed by atoms with Gasteiger partial charge in [0.2, 0.25) is 0 Å². The predicted octanol–water partition coefficient (Wildman–Crippen LogP) is 3.28. The zero-order valence-electron chi connectivity index (χ0n) is 12.8. The number of rotatable bonds is 3. The fourth-order valence-corrected chi connectivity index (χ4v) is 3.21. The number of fused-ring (bicyclic) bond motifs is 1. The maximum atomic E-state index is 5.62. The molecule has 1 atom stereocenters. The molecule has 3 heteroatoms. The Morgan fingerprint density at radius 1 is 1.00 bits per heavy atom. The molecule has 21 heavy (non-hydrogen) atoms. The third-order valence-electron chi connectivity index (χ3n) is 4.18. The summed E-state index contributed by atoms with van der Waals surface area (Å²) in [7, 11) is 5.55. The van der Waals surface area contributed by atoms with Crippen molar-refractivity contribution in [1.29, 1.82) is 0 Å². The summed E-state index contributed by atoms with van der Waals surface area (Å²) in [5, 5.41) is 0. The molecule has 3 rings (SSSR count). The van der Waals surface area contributed by atoms with Crippen LogP contribution in [0.4, 0.5) is 0 Å². The minimum atomic E-state index is 0.375. The highest BCUT2D eigenvalue weighted by molar-refractivity contribution is 5.54. The lowest BCUT2D eigenvalue weighted by molar-refractivity contribution is 0.280. The molecule has 0 bridgehead atoms. The van der Waals surface area contributed by atoms with Gasteiger partial charge in [-0.1, -0.05) is 36.4 Å². The maximum Gasteiger partial charge on any atom is 0.165 e. The van der Waals surface area contributed by atoms with E-state index >= 15 is 0 Å². The van der Waals surface area contributed by atoms with E-state index in [0.29, 0.717) is 5.92 Å². The first-order valence-electron chi connectivity index (χ1n) is 7.21. The summed E-state index contributed by atoms with van der Waals surface area (Å²) >= 11 is 0. The second-order valence-electron chi connectivity index (χ2n) is 5.53. The average molecular weight is 283 g/mol. The Morgan fingerprint density at radius 2 is 1.76 bits per heavy atom. The second-order valence-corrected chi connectivity index (χ2v) is 5.53. The van der Waals surface area contributed by atoms with Gasteiger partial charge in [-0.2, -0.15) is 0 Å². The Kier molecular flexibility index (Phi) is 3.84. The van der Waals surface area contributed by atoms with E-state index in [2.05, 4.69) is 48.3 Å². The van der Waals surface area contributed by atoms with Gasteiger partial charge in [0.15, 0.2) is 11.5 Å². The molecule has 2 aromatic carbocycles. The Bertz CT molecular complexity index is 625. The first kappa shape index (κ1) is 14.0. The molecule has 2 aromatic rings. The van der Waals surface area contributed by atoms with Crippen LogP contribution in [0, 0.1) is 0 Å². The molecular weight excluding hydrogens is 262 g/mol. The maximum absolute atomic E-state index is 5.62. The number of hydrogen-bond donors (Lipinski definition) is 0. The van der Waals surface area contributed by atoms with Gasteiger partial charge in [-0.25, -0.2) is 0 Å². The number of likely N-dealkylation sites (N-methyl/N-ethyl adjacent to an activating group) is 1. The van der Waals surface area contributed by atoms with E-state index in [1.54, 1.807) is 14.2 Å². The van der Waals surface area contributed by atoms with Crippen LogP contribution >= 0.6 is 0 Å². The molecular formula is C18H21NO2. The van der Waals surface area contributed by atoms with Crippen LogP contribution in [0.3, 0.4) is 0 Å². The number of methoxy groups -OCH3 is 2. The molecule has 1 unspecified atom stereocenters. The highest BCUT2D eigenvalue weighted by Crippen LogP contribution is 2.41. The molecule has 0 fully saturated rings. The topological polar surface area (TPSA) is 21.7 Å². The second kappa shape index (κ2) is 5.78. The molecule has 0 saturated carbocycles. The molecule has 1 aliphatic heterocycles. The zero-order chi connectivity index (χ0) is 14.8. The molecule has 1 aliphatic rings. The number of hydrogen-bond acceptors (Lipinski definition) is 3. The summed E-state index contributed by atoms with van der Waals surface area (Å²) < 4.78 is 11.1. The molecule has 110 valence electrons. The van der Waals surface area contributed by atoms with Gasteiger partial charge in [-0.05, 0) is 24.2 Å². The van der Waals surface area contributed by atoms with E-state index in [1.807, 2.05) is 6.07 Å². The van der Waals surface area contributed by atoms with Crippen LogP contribution in [0.25, 0.3) is 0 Å². The summed E-state index contributed by atoms with van der Waals surface area (Å²) in [6.07, 6.45) is 0. The first-order chi connectivity index (χ1) is 10.2. The van der Waals surface area contributed by atoms with Gasteiger partial charge in [-0.3, -0.25) is 0 Å². The van der Waals surface area contributed by atoms with Gasteiger partial charge < -0.3 is 14.4 Å². The van der Waals surface area contributed by atoms with Crippen LogP contribution in [0.5, 0.6) is 11.5 Å². The molecule has 0 saturated heterocycles. The minimum absolute atomic E-state index is 0.375. The Labute approximate surface area is 126 Å². The van der Waals surface area contributed by atoms with Crippen molar-refractivity contribution in [3.8, 4) is 11.5 Å². The fourth-order valence-electron chi connectivity index (χ4n) is 3.21. The summed E-state index contributed by atoms with van der Waals surface area (Å²) in [5.41, 5.74) is 3.92. The molecule has 1 heterocycles. The summed E-state index contributed by atoms with van der Waals surface area (Å²) in [6, 6.07) is 14.9. The molecule has 0 aromatic heterocycles. The van der Waals surface area contributed by atoms with Gasteiger partial charge in [0, 0.05) is 24.6 Å².